The summed E-state index contributed by atoms with van der Waals surface area (Å²) in [6.07, 6.45) is 2.51. The molecule has 1 fully saturated rings. The smallest absolute Gasteiger partial charge is 0.248 e. The van der Waals surface area contributed by atoms with Crippen molar-refractivity contribution in [1.29, 1.82) is 0 Å². The van der Waals surface area contributed by atoms with Gasteiger partial charge < -0.3 is 13.9 Å². The van der Waals surface area contributed by atoms with Gasteiger partial charge in [-0.2, -0.15) is 0 Å². The van der Waals surface area contributed by atoms with Crippen molar-refractivity contribution < 1.29 is 13.8 Å². The van der Waals surface area contributed by atoms with Crippen LogP contribution in [0.2, 0.25) is 0 Å². The molecule has 0 radical (unpaired) electrons. The molecule has 1 aliphatic rings. The van der Waals surface area contributed by atoms with Gasteiger partial charge in [0.05, 0.1) is 6.26 Å². The lowest BCUT2D eigenvalue weighted by molar-refractivity contribution is -0.107. The quantitative estimate of drug-likeness (QED) is 0.679. The highest BCUT2D eigenvalue weighted by atomic mass is 31.2. The van der Waals surface area contributed by atoms with Gasteiger partial charge >= 0.3 is 0 Å². The standard InChI is InChI=1S/C15H17N2O3P/c18-11-8-15(14-7-4-12-20-14)21(19)16-9-10-17(21)13-5-2-1-3-6-13/h1-7,11-12,15H,8-10H2,(H,16,19). The highest BCUT2D eigenvalue weighted by Crippen LogP contribution is 2.62. The van der Waals surface area contributed by atoms with E-state index < -0.39 is 13.1 Å². The van der Waals surface area contributed by atoms with Crippen molar-refractivity contribution >= 4 is 19.4 Å². The van der Waals surface area contributed by atoms with E-state index in [0.717, 1.165) is 12.0 Å². The Morgan fingerprint density at radius 3 is 2.76 bits per heavy atom. The monoisotopic (exact) mass is 304 g/mol. The maximum atomic E-state index is 13.5. The highest BCUT2D eigenvalue weighted by Gasteiger charge is 2.44. The molecule has 1 N–H and O–H groups in total. The van der Waals surface area contributed by atoms with E-state index in [0.29, 0.717) is 18.8 Å². The predicted molar refractivity (Wildman–Crippen MR) is 81.5 cm³/mol. The van der Waals surface area contributed by atoms with Crippen LogP contribution in [0.25, 0.3) is 0 Å². The molecule has 5 nitrogen and oxygen atoms in total. The number of nitrogens with zero attached hydrogens (tertiary/aromatic N) is 1. The summed E-state index contributed by atoms with van der Waals surface area (Å²) in [4.78, 5) is 11.0. The number of benzene rings is 1. The van der Waals surface area contributed by atoms with Crippen LogP contribution in [0.3, 0.4) is 0 Å². The van der Waals surface area contributed by atoms with E-state index in [-0.39, 0.29) is 6.42 Å². The molecule has 0 bridgehead atoms. The second kappa shape index (κ2) is 5.88. The molecule has 21 heavy (non-hydrogen) atoms. The van der Waals surface area contributed by atoms with Crippen molar-refractivity contribution in [3.63, 3.8) is 0 Å². The largest absolute Gasteiger partial charge is 0.468 e. The molecule has 1 aromatic heterocycles. The molecule has 0 aliphatic carbocycles. The van der Waals surface area contributed by atoms with Crippen molar-refractivity contribution in [2.75, 3.05) is 17.8 Å². The number of rotatable bonds is 5. The van der Waals surface area contributed by atoms with Gasteiger partial charge in [-0.25, -0.2) is 5.09 Å². The van der Waals surface area contributed by atoms with Gasteiger partial charge in [-0.1, -0.05) is 18.2 Å². The molecule has 6 heteroatoms. The second-order valence-electron chi connectivity index (χ2n) is 4.92. The Hall–Kier alpha value is -1.84. The van der Waals surface area contributed by atoms with Crippen LogP contribution < -0.4 is 9.76 Å². The van der Waals surface area contributed by atoms with E-state index in [9.17, 15) is 9.36 Å². The molecular formula is C15H17N2O3P. The molecule has 1 aliphatic heterocycles. The summed E-state index contributed by atoms with van der Waals surface area (Å²) < 4.78 is 20.8. The number of carbonyl (C=O) groups excluding carboxylic acids is 1. The van der Waals surface area contributed by atoms with Gasteiger partial charge in [0.25, 0.3) is 0 Å². The third kappa shape index (κ3) is 2.55. The van der Waals surface area contributed by atoms with Crippen molar-refractivity contribution in [1.82, 2.24) is 5.09 Å². The molecule has 3 rings (SSSR count). The minimum atomic E-state index is -2.96. The van der Waals surface area contributed by atoms with E-state index >= 15 is 0 Å². The normalized spacial score (nSPS) is 23.1. The van der Waals surface area contributed by atoms with Crippen LogP contribution in [0, 0.1) is 0 Å². The number of furan rings is 1. The van der Waals surface area contributed by atoms with Crippen molar-refractivity contribution in [2.45, 2.75) is 12.1 Å². The molecular weight excluding hydrogens is 287 g/mol. The van der Waals surface area contributed by atoms with Crippen LogP contribution in [0.1, 0.15) is 17.8 Å². The topological polar surface area (TPSA) is 62.6 Å². The Bertz CT molecular complexity index is 642. The van der Waals surface area contributed by atoms with Gasteiger partial charge in [0.15, 0.2) is 0 Å². The fourth-order valence-corrected chi connectivity index (χ4v) is 5.62. The summed E-state index contributed by atoms with van der Waals surface area (Å²) >= 11 is 0. The summed E-state index contributed by atoms with van der Waals surface area (Å²) in [6.45, 7) is 1.28. The van der Waals surface area contributed by atoms with E-state index in [1.165, 1.54) is 0 Å². The molecule has 2 heterocycles. The van der Waals surface area contributed by atoms with Crippen molar-refractivity contribution in [3.8, 4) is 0 Å². The van der Waals surface area contributed by atoms with Crippen LogP contribution >= 0.6 is 7.44 Å². The number of nitrogens with one attached hydrogen (secondary N) is 1. The zero-order valence-corrected chi connectivity index (χ0v) is 12.4. The number of anilines is 1. The van der Waals surface area contributed by atoms with Crippen molar-refractivity contribution in [2.24, 2.45) is 0 Å². The lowest BCUT2D eigenvalue weighted by atomic mass is 10.2. The van der Waals surface area contributed by atoms with E-state index in [2.05, 4.69) is 5.09 Å². The third-order valence-corrected chi connectivity index (χ3v) is 6.82. The molecule has 110 valence electrons. The molecule has 1 saturated heterocycles. The summed E-state index contributed by atoms with van der Waals surface area (Å²) in [6, 6.07) is 13.1. The summed E-state index contributed by atoms with van der Waals surface area (Å²) in [5.74, 6) is 0.584. The van der Waals surface area contributed by atoms with E-state index in [1.54, 1.807) is 18.4 Å². The summed E-state index contributed by atoms with van der Waals surface area (Å²) in [5, 5.41) is 3.12. The molecule has 2 atom stereocenters. The maximum absolute atomic E-state index is 13.5. The van der Waals surface area contributed by atoms with Gasteiger partial charge in [-0.05, 0) is 24.3 Å². The zero-order valence-electron chi connectivity index (χ0n) is 11.5. The first-order valence-electron chi connectivity index (χ1n) is 6.90. The number of hydrogen-bond donors (Lipinski definition) is 1. The average molecular weight is 304 g/mol. The van der Waals surface area contributed by atoms with E-state index in [1.807, 2.05) is 35.0 Å². The van der Waals surface area contributed by atoms with Gasteiger partial charge in [0.1, 0.15) is 17.7 Å². The molecule has 0 spiro atoms. The Morgan fingerprint density at radius 1 is 1.29 bits per heavy atom. The Balaban J connectivity index is 2.00. The van der Waals surface area contributed by atoms with Gasteiger partial charge in [0, 0.05) is 25.2 Å². The highest BCUT2D eigenvalue weighted by molar-refractivity contribution is 7.64. The number of hydrogen-bond acceptors (Lipinski definition) is 3. The van der Waals surface area contributed by atoms with Crippen LogP contribution in [-0.4, -0.2) is 19.4 Å². The first-order valence-corrected chi connectivity index (χ1v) is 8.63. The lowest BCUT2D eigenvalue weighted by Crippen LogP contribution is -2.21. The number of carbonyl (C=O) groups is 1. The Labute approximate surface area is 123 Å². The average Bonchev–Trinajstić information content (AvgIpc) is 3.16. The first kappa shape index (κ1) is 14.1. The minimum Gasteiger partial charge on any atom is -0.468 e. The van der Waals surface area contributed by atoms with E-state index in [4.69, 9.17) is 4.42 Å². The SMILES string of the molecule is O=CCC(c1ccco1)P1(=O)NCCN1c1ccccc1. The van der Waals surface area contributed by atoms with Crippen LogP contribution in [0.5, 0.6) is 0 Å². The molecule has 2 aromatic rings. The third-order valence-electron chi connectivity index (χ3n) is 3.69. The lowest BCUT2D eigenvalue weighted by Gasteiger charge is -2.30. The predicted octanol–water partition coefficient (Wildman–Crippen LogP) is 3.21. The molecule has 2 unspecified atom stereocenters. The maximum Gasteiger partial charge on any atom is 0.248 e. The van der Waals surface area contributed by atoms with Crippen LogP contribution in [-0.2, 0) is 9.36 Å². The zero-order chi connectivity index (χ0) is 14.7. The summed E-state index contributed by atoms with van der Waals surface area (Å²) in [7, 11) is -2.96. The fraction of sp³-hybridized carbons (Fsp3) is 0.267. The molecule has 0 amide bonds. The molecule has 1 aromatic carbocycles. The molecule has 0 saturated carbocycles. The Morgan fingerprint density at radius 2 is 2.10 bits per heavy atom. The first-order chi connectivity index (χ1) is 10.3. The van der Waals surface area contributed by atoms with Crippen LogP contribution in [0.15, 0.2) is 53.1 Å². The van der Waals surface area contributed by atoms with Gasteiger partial charge in [-0.15, -0.1) is 0 Å². The fourth-order valence-electron chi connectivity index (χ4n) is 2.73. The number of para-hydroxylation sites is 1. The Kier molecular flexibility index (Phi) is 3.95. The van der Waals surface area contributed by atoms with Gasteiger partial charge in [0.2, 0.25) is 7.44 Å². The number of aldehydes is 1. The van der Waals surface area contributed by atoms with Crippen molar-refractivity contribution in [3.05, 3.63) is 54.5 Å². The second-order valence-corrected chi connectivity index (χ2v) is 7.59. The van der Waals surface area contributed by atoms with Crippen LogP contribution in [0.4, 0.5) is 5.69 Å². The van der Waals surface area contributed by atoms with Gasteiger partial charge in [-0.3, -0.25) is 4.57 Å². The minimum absolute atomic E-state index is 0.168. The summed E-state index contributed by atoms with van der Waals surface area (Å²) in [5.41, 5.74) is 0.431.